The van der Waals surface area contributed by atoms with E-state index in [0.717, 1.165) is 18.4 Å². The van der Waals surface area contributed by atoms with Crippen LogP contribution >= 0.6 is 24.0 Å². The molecule has 1 saturated carbocycles. The quantitative estimate of drug-likeness (QED) is 0.0689. The van der Waals surface area contributed by atoms with E-state index >= 15 is 0 Å². The van der Waals surface area contributed by atoms with Gasteiger partial charge in [0.05, 0.1) is 28.8 Å². The Morgan fingerprint density at radius 3 is 2.33 bits per heavy atom. The highest BCUT2D eigenvalue weighted by Crippen LogP contribution is 2.47. The Morgan fingerprint density at radius 2 is 1.71 bits per heavy atom. The summed E-state index contributed by atoms with van der Waals surface area (Å²) < 4.78 is 6.18. The largest absolute Gasteiger partial charge is 0.508 e. The number of hydrogen-bond acceptors (Lipinski definition) is 7. The molecule has 2 fully saturated rings. The Kier molecular flexibility index (Phi) is 10.1. The number of para-hydroxylation sites is 1. The lowest BCUT2D eigenvalue weighted by Gasteiger charge is -2.30. The second-order valence-corrected chi connectivity index (χ2v) is 15.1. The highest BCUT2D eigenvalue weighted by molar-refractivity contribution is 8.24. The zero-order chi connectivity index (χ0) is 33.8. The molecule has 3 aromatic rings. The number of ether oxygens (including phenoxy) is 1. The first-order valence-electron chi connectivity index (χ1n) is 16.4. The van der Waals surface area contributed by atoms with Crippen LogP contribution in [-0.4, -0.2) is 44.5 Å². The summed E-state index contributed by atoms with van der Waals surface area (Å²) in [5.74, 6) is -1.05. The molecule has 7 nitrogen and oxygen atoms in total. The van der Waals surface area contributed by atoms with Gasteiger partial charge < -0.3 is 14.7 Å². The number of fused-ring (bicyclic) bond motifs is 2. The molecule has 1 heterocycles. The summed E-state index contributed by atoms with van der Waals surface area (Å²) in [4.78, 5) is 46.9. The van der Waals surface area contributed by atoms with Crippen LogP contribution < -0.4 is 4.90 Å². The first-order valence-corrected chi connectivity index (χ1v) is 17.6. The third-order valence-electron chi connectivity index (χ3n) is 9.98. The van der Waals surface area contributed by atoms with Gasteiger partial charge in [0.15, 0.2) is 0 Å². The van der Waals surface area contributed by atoms with Gasteiger partial charge in [0.2, 0.25) is 17.4 Å². The van der Waals surface area contributed by atoms with Gasteiger partial charge in [-0.2, -0.15) is 0 Å². The fourth-order valence-electron chi connectivity index (χ4n) is 7.34. The Bertz CT molecular complexity index is 1740. The number of hydrogen-bond donors (Lipinski definition) is 1. The van der Waals surface area contributed by atoms with Gasteiger partial charge in [-0.25, -0.2) is 11.5 Å². The molecule has 48 heavy (non-hydrogen) atoms. The van der Waals surface area contributed by atoms with Crippen molar-refractivity contribution in [3.05, 3.63) is 120 Å². The number of carbonyl (C=O) groups is 3. The zero-order valence-electron chi connectivity index (χ0n) is 26.7. The number of thiocarbonyl (C=S) groups is 1. The number of rotatable bonds is 12. The van der Waals surface area contributed by atoms with E-state index < -0.39 is 22.6 Å². The Labute approximate surface area is 291 Å². The predicted molar refractivity (Wildman–Crippen MR) is 191 cm³/mol. The molecule has 0 radical (unpaired) electrons. The molecule has 2 aliphatic carbocycles. The third-order valence-corrected chi connectivity index (χ3v) is 11.7. The minimum atomic E-state index is -1.05. The van der Waals surface area contributed by atoms with Gasteiger partial charge in [-0.1, -0.05) is 96.8 Å². The van der Waals surface area contributed by atoms with E-state index in [9.17, 15) is 19.5 Å². The molecule has 2 amide bonds. The number of esters is 1. The number of benzene rings is 3. The molecule has 1 aliphatic heterocycles. The summed E-state index contributed by atoms with van der Waals surface area (Å²) in [7, 11) is 0. The van der Waals surface area contributed by atoms with Crippen LogP contribution in [0.3, 0.4) is 0 Å². The molecular formula is C39H38N2O5S2. The van der Waals surface area contributed by atoms with Crippen LogP contribution in [0.5, 0.6) is 5.75 Å². The van der Waals surface area contributed by atoms with Crippen molar-refractivity contribution in [3.63, 3.8) is 0 Å². The lowest BCUT2D eigenvalue weighted by molar-refractivity contribution is -0.145. The maximum absolute atomic E-state index is 14.5. The fraction of sp³-hybridized carbons (Fsp3) is 0.359. The standard InChI is InChI=1S/C39H38N2O5S2/c1-39(40-2,20-19-33(43)46-24-29-22-25-13-14-28(29)21-25)23-32(26-15-17-31(42)18-16-26)34-35(48-38(47)27-9-5-3-6-10-27)37(45)41(36(34)44)30-11-7-4-8-12-30/h3-18,25,28-29,32,34-35,42H,19-24H2,1H3. The van der Waals surface area contributed by atoms with E-state index in [1.165, 1.54) is 16.7 Å². The number of allylic oxidation sites excluding steroid dienone is 2. The number of imide groups is 1. The smallest absolute Gasteiger partial charge is 0.306 e. The summed E-state index contributed by atoms with van der Waals surface area (Å²) in [5.41, 5.74) is 0.918. The van der Waals surface area contributed by atoms with Crippen LogP contribution in [0.2, 0.25) is 0 Å². The SMILES string of the molecule is [C-]#[N+]C(C)(CCC(=O)OCC1CC2C=CC1C2)CC(c1ccc(O)cc1)C1C(=O)N(c2ccccc2)C(=O)C1SC(=S)c1ccccc1. The van der Waals surface area contributed by atoms with E-state index in [1.807, 2.05) is 36.4 Å². The van der Waals surface area contributed by atoms with Crippen LogP contribution in [0, 0.1) is 30.2 Å². The number of phenolic OH excluding ortho intramolecular Hbond substituents is 1. The maximum Gasteiger partial charge on any atom is 0.306 e. The first kappa shape index (κ1) is 33.6. The van der Waals surface area contributed by atoms with Crippen molar-refractivity contribution < 1.29 is 24.2 Å². The molecule has 1 saturated heterocycles. The molecule has 246 valence electrons. The summed E-state index contributed by atoms with van der Waals surface area (Å²) in [6.07, 6.45) is 7.18. The number of aromatic hydroxyl groups is 1. The highest BCUT2D eigenvalue weighted by atomic mass is 32.2. The van der Waals surface area contributed by atoms with Crippen LogP contribution in [0.4, 0.5) is 5.69 Å². The van der Waals surface area contributed by atoms with Crippen molar-refractivity contribution in [3.8, 4) is 5.75 Å². The molecule has 3 aromatic carbocycles. The summed E-state index contributed by atoms with van der Waals surface area (Å²) in [6.45, 7) is 10.4. The van der Waals surface area contributed by atoms with Gasteiger partial charge in [-0.3, -0.25) is 14.4 Å². The molecule has 1 N–H and O–H groups in total. The van der Waals surface area contributed by atoms with Gasteiger partial charge in [0, 0.05) is 25.7 Å². The number of phenols is 1. The van der Waals surface area contributed by atoms with Gasteiger partial charge in [-0.15, -0.1) is 0 Å². The molecule has 7 atom stereocenters. The average molecular weight is 679 g/mol. The number of carbonyl (C=O) groups excluding carboxylic acids is 3. The molecule has 3 aliphatic rings. The fourth-order valence-corrected chi connectivity index (χ4v) is 8.95. The summed E-state index contributed by atoms with van der Waals surface area (Å²) in [5, 5.41) is 9.26. The second-order valence-electron chi connectivity index (χ2n) is 13.3. The molecule has 7 unspecified atom stereocenters. The Morgan fingerprint density at radius 1 is 1.02 bits per heavy atom. The minimum Gasteiger partial charge on any atom is -0.508 e. The molecule has 9 heteroatoms. The van der Waals surface area contributed by atoms with Gasteiger partial charge >= 0.3 is 5.97 Å². The van der Waals surface area contributed by atoms with Gasteiger partial charge in [0.25, 0.3) is 0 Å². The van der Waals surface area contributed by atoms with Gasteiger partial charge in [0.1, 0.15) is 11.0 Å². The van der Waals surface area contributed by atoms with Crippen molar-refractivity contribution >= 4 is 51.6 Å². The summed E-state index contributed by atoms with van der Waals surface area (Å²) in [6, 6.07) is 24.8. The lowest BCUT2D eigenvalue weighted by atomic mass is 9.75. The van der Waals surface area contributed by atoms with Crippen molar-refractivity contribution in [2.75, 3.05) is 11.5 Å². The van der Waals surface area contributed by atoms with E-state index in [0.29, 0.717) is 39.8 Å². The maximum atomic E-state index is 14.5. The van der Waals surface area contributed by atoms with E-state index in [2.05, 4.69) is 17.0 Å². The molecule has 0 spiro atoms. The third kappa shape index (κ3) is 7.25. The summed E-state index contributed by atoms with van der Waals surface area (Å²) >= 11 is 7.00. The Hall–Kier alpha value is -4.26. The first-order chi connectivity index (χ1) is 23.2. The van der Waals surface area contributed by atoms with Crippen molar-refractivity contribution in [2.24, 2.45) is 23.7 Å². The normalized spacial score (nSPS) is 24.7. The van der Waals surface area contributed by atoms with Gasteiger partial charge in [-0.05, 0) is 66.0 Å². The van der Waals surface area contributed by atoms with Crippen LogP contribution in [0.15, 0.2) is 97.1 Å². The Balaban J connectivity index is 1.27. The molecule has 6 rings (SSSR count). The van der Waals surface area contributed by atoms with E-state index in [1.54, 1.807) is 55.5 Å². The lowest BCUT2D eigenvalue weighted by Crippen LogP contribution is -2.34. The number of amides is 2. The van der Waals surface area contributed by atoms with E-state index in [-0.39, 0.29) is 42.8 Å². The second kappa shape index (κ2) is 14.5. The highest BCUT2D eigenvalue weighted by Gasteiger charge is 2.54. The predicted octanol–water partition coefficient (Wildman–Crippen LogP) is 7.75. The number of nitrogens with zero attached hydrogens (tertiary/aromatic N) is 2. The molecule has 0 aromatic heterocycles. The van der Waals surface area contributed by atoms with Crippen LogP contribution in [0.25, 0.3) is 4.85 Å². The van der Waals surface area contributed by atoms with Crippen LogP contribution in [0.1, 0.15) is 56.1 Å². The van der Waals surface area contributed by atoms with Crippen molar-refractivity contribution in [1.82, 2.24) is 0 Å². The average Bonchev–Trinajstić information content (AvgIpc) is 3.80. The molecular weight excluding hydrogens is 641 g/mol. The monoisotopic (exact) mass is 678 g/mol. The van der Waals surface area contributed by atoms with Crippen LogP contribution in [-0.2, 0) is 19.1 Å². The topological polar surface area (TPSA) is 88.3 Å². The number of anilines is 1. The van der Waals surface area contributed by atoms with Crippen molar-refractivity contribution in [2.45, 2.75) is 55.7 Å². The number of thioether (sulfide) groups is 1. The zero-order valence-corrected chi connectivity index (χ0v) is 28.4. The van der Waals surface area contributed by atoms with Crippen molar-refractivity contribution in [1.29, 1.82) is 0 Å². The molecule has 2 bridgehead atoms. The van der Waals surface area contributed by atoms with E-state index in [4.69, 9.17) is 23.5 Å². The minimum absolute atomic E-state index is 0.0649.